The first-order chi connectivity index (χ1) is 5.81. The summed E-state index contributed by atoms with van der Waals surface area (Å²) in [6.07, 6.45) is 0. The number of hydrogen-bond donors (Lipinski definition) is 1. The Hall–Kier alpha value is -1.18. The van der Waals surface area contributed by atoms with Crippen molar-refractivity contribution in [3.05, 3.63) is 23.8 Å². The summed E-state index contributed by atoms with van der Waals surface area (Å²) in [5, 5.41) is 3.35. The summed E-state index contributed by atoms with van der Waals surface area (Å²) in [7, 11) is 1.70. The Morgan fingerprint density at radius 3 is 3.17 bits per heavy atom. The first-order valence-electron chi connectivity index (χ1n) is 4.23. The van der Waals surface area contributed by atoms with Crippen LogP contribution in [0.4, 0.5) is 5.69 Å². The van der Waals surface area contributed by atoms with E-state index in [-0.39, 0.29) is 1.43 Å². The molecule has 1 atom stereocenters. The van der Waals surface area contributed by atoms with Crippen molar-refractivity contribution in [2.45, 2.75) is 12.8 Å². The molecule has 0 radical (unpaired) electrons. The highest BCUT2D eigenvalue weighted by molar-refractivity contribution is 5.59. The van der Waals surface area contributed by atoms with E-state index in [1.165, 1.54) is 11.3 Å². The average molecular weight is 165 g/mol. The molecule has 1 heterocycles. The highest BCUT2D eigenvalue weighted by atomic mass is 16.5. The number of methoxy groups -OCH3 is 1. The zero-order valence-corrected chi connectivity index (χ0v) is 7.42. The van der Waals surface area contributed by atoms with E-state index < -0.39 is 0 Å². The van der Waals surface area contributed by atoms with Crippen molar-refractivity contribution in [1.29, 1.82) is 0 Å². The van der Waals surface area contributed by atoms with Crippen LogP contribution in [0.15, 0.2) is 18.2 Å². The van der Waals surface area contributed by atoms with Crippen LogP contribution >= 0.6 is 0 Å². The van der Waals surface area contributed by atoms with Gasteiger partial charge in [0.15, 0.2) is 0 Å². The van der Waals surface area contributed by atoms with Gasteiger partial charge in [0.05, 0.1) is 7.11 Å². The van der Waals surface area contributed by atoms with E-state index >= 15 is 0 Å². The number of benzene rings is 1. The number of anilines is 1. The molecular weight excluding hydrogens is 150 g/mol. The second-order valence-corrected chi connectivity index (χ2v) is 3.24. The van der Waals surface area contributed by atoms with E-state index in [9.17, 15) is 0 Å². The molecule has 2 rings (SSSR count). The van der Waals surface area contributed by atoms with Gasteiger partial charge in [0.25, 0.3) is 0 Å². The number of hydrogen-bond acceptors (Lipinski definition) is 2. The summed E-state index contributed by atoms with van der Waals surface area (Å²) in [6, 6.07) is 6.18. The lowest BCUT2D eigenvalue weighted by atomic mass is 10.0. The Labute approximate surface area is 74.0 Å². The summed E-state index contributed by atoms with van der Waals surface area (Å²) < 4.78 is 5.16. The van der Waals surface area contributed by atoms with Crippen molar-refractivity contribution in [2.75, 3.05) is 19.0 Å². The minimum atomic E-state index is 0. The zero-order chi connectivity index (χ0) is 8.55. The van der Waals surface area contributed by atoms with Gasteiger partial charge in [0.1, 0.15) is 5.75 Å². The Morgan fingerprint density at radius 1 is 1.58 bits per heavy atom. The van der Waals surface area contributed by atoms with Crippen molar-refractivity contribution in [2.24, 2.45) is 0 Å². The first kappa shape index (κ1) is 7.47. The predicted octanol–water partition coefficient (Wildman–Crippen LogP) is 2.47. The molecule has 0 saturated heterocycles. The van der Waals surface area contributed by atoms with Crippen LogP contribution < -0.4 is 10.1 Å². The van der Waals surface area contributed by atoms with Gasteiger partial charge in [0.2, 0.25) is 0 Å². The molecule has 66 valence electrons. The van der Waals surface area contributed by atoms with Gasteiger partial charge in [-0.1, -0.05) is 6.92 Å². The molecule has 0 fully saturated rings. The minimum Gasteiger partial charge on any atom is -0.497 e. The maximum Gasteiger partial charge on any atom is 0.119 e. The zero-order valence-electron chi connectivity index (χ0n) is 7.42. The van der Waals surface area contributed by atoms with Crippen LogP contribution in [0.3, 0.4) is 0 Å². The molecule has 0 aliphatic carbocycles. The highest BCUT2D eigenvalue weighted by Crippen LogP contribution is 2.33. The summed E-state index contributed by atoms with van der Waals surface area (Å²) in [5.41, 5.74) is 2.62. The Kier molecular flexibility index (Phi) is 1.68. The number of fused-ring (bicyclic) bond motifs is 1. The SMILES string of the molecule is COc1ccc2c(c1)C(C)CN2.[HH]. The molecule has 1 aliphatic rings. The molecule has 2 nitrogen and oxygen atoms in total. The van der Waals surface area contributed by atoms with Crippen LogP contribution in [0.2, 0.25) is 0 Å². The first-order valence-corrected chi connectivity index (χ1v) is 4.23. The van der Waals surface area contributed by atoms with Gasteiger partial charge in [-0.25, -0.2) is 0 Å². The van der Waals surface area contributed by atoms with Crippen LogP contribution in [-0.2, 0) is 0 Å². The minimum absolute atomic E-state index is 0. The molecule has 1 N–H and O–H groups in total. The predicted molar refractivity (Wildman–Crippen MR) is 52.0 cm³/mol. The van der Waals surface area contributed by atoms with Crippen molar-refractivity contribution in [1.82, 2.24) is 0 Å². The third kappa shape index (κ3) is 1.04. The Bertz CT molecular complexity index is 301. The second-order valence-electron chi connectivity index (χ2n) is 3.24. The maximum atomic E-state index is 5.16. The Balaban J connectivity index is 0.000000845. The van der Waals surface area contributed by atoms with Crippen LogP contribution in [0.1, 0.15) is 19.8 Å². The van der Waals surface area contributed by atoms with Crippen LogP contribution in [0, 0.1) is 0 Å². The lowest BCUT2D eigenvalue weighted by molar-refractivity contribution is 0.414. The van der Waals surface area contributed by atoms with Gasteiger partial charge in [-0.15, -0.1) is 0 Å². The van der Waals surface area contributed by atoms with Gasteiger partial charge in [-0.3, -0.25) is 0 Å². The molecule has 12 heavy (non-hydrogen) atoms. The number of rotatable bonds is 1. The topological polar surface area (TPSA) is 21.3 Å². The van der Waals surface area contributed by atoms with Crippen molar-refractivity contribution >= 4 is 5.69 Å². The van der Waals surface area contributed by atoms with E-state index in [2.05, 4.69) is 24.4 Å². The molecule has 1 aromatic rings. The lowest BCUT2D eigenvalue weighted by Crippen LogP contribution is -1.95. The molecule has 1 aromatic carbocycles. The van der Waals surface area contributed by atoms with Gasteiger partial charge < -0.3 is 10.1 Å². The van der Waals surface area contributed by atoms with Gasteiger partial charge in [-0.2, -0.15) is 0 Å². The molecule has 2 heteroatoms. The largest absolute Gasteiger partial charge is 0.497 e. The van der Waals surface area contributed by atoms with Gasteiger partial charge in [0, 0.05) is 19.6 Å². The molecule has 0 bridgehead atoms. The fraction of sp³-hybridized carbons (Fsp3) is 0.400. The third-order valence-electron chi connectivity index (χ3n) is 2.39. The summed E-state index contributed by atoms with van der Waals surface area (Å²) in [4.78, 5) is 0. The lowest BCUT2D eigenvalue weighted by Gasteiger charge is -2.04. The molecular formula is C10H15NO. The van der Waals surface area contributed by atoms with Crippen molar-refractivity contribution in [3.63, 3.8) is 0 Å². The second kappa shape index (κ2) is 2.70. The highest BCUT2D eigenvalue weighted by Gasteiger charge is 2.17. The van der Waals surface area contributed by atoms with E-state index in [1.807, 2.05) is 6.07 Å². The van der Waals surface area contributed by atoms with Crippen LogP contribution in [-0.4, -0.2) is 13.7 Å². The summed E-state index contributed by atoms with van der Waals surface area (Å²) in [5.74, 6) is 1.56. The van der Waals surface area contributed by atoms with Crippen LogP contribution in [0.25, 0.3) is 0 Å². The smallest absolute Gasteiger partial charge is 0.119 e. The fourth-order valence-corrected chi connectivity index (χ4v) is 1.61. The quantitative estimate of drug-likeness (QED) is 0.690. The molecule has 0 spiro atoms. The third-order valence-corrected chi connectivity index (χ3v) is 2.39. The van der Waals surface area contributed by atoms with Gasteiger partial charge in [-0.05, 0) is 23.8 Å². The number of ether oxygens (including phenoxy) is 1. The monoisotopic (exact) mass is 165 g/mol. The van der Waals surface area contributed by atoms with E-state index in [0.29, 0.717) is 5.92 Å². The normalized spacial score (nSPS) is 20.0. The molecule has 0 amide bonds. The van der Waals surface area contributed by atoms with Crippen molar-refractivity contribution < 1.29 is 6.16 Å². The maximum absolute atomic E-state index is 5.16. The Morgan fingerprint density at radius 2 is 2.42 bits per heavy atom. The fourth-order valence-electron chi connectivity index (χ4n) is 1.61. The van der Waals surface area contributed by atoms with Crippen LogP contribution in [0.5, 0.6) is 5.75 Å². The van der Waals surface area contributed by atoms with E-state index in [4.69, 9.17) is 4.74 Å². The summed E-state index contributed by atoms with van der Waals surface area (Å²) in [6.45, 7) is 3.26. The average Bonchev–Trinajstić information content (AvgIpc) is 2.47. The molecule has 1 aliphatic heterocycles. The van der Waals surface area contributed by atoms with Crippen molar-refractivity contribution in [3.8, 4) is 5.75 Å². The summed E-state index contributed by atoms with van der Waals surface area (Å²) >= 11 is 0. The molecule has 1 unspecified atom stereocenters. The number of nitrogens with one attached hydrogen (secondary N) is 1. The molecule has 0 saturated carbocycles. The van der Waals surface area contributed by atoms with E-state index in [0.717, 1.165) is 12.3 Å². The van der Waals surface area contributed by atoms with Gasteiger partial charge >= 0.3 is 0 Å². The standard InChI is InChI=1S/C10H13NO.H2/c1-7-6-11-10-4-3-8(12-2)5-9(7)10;/h3-5,7,11H,6H2,1-2H3;1H. The molecule has 0 aromatic heterocycles. The van der Waals surface area contributed by atoms with E-state index in [1.54, 1.807) is 7.11 Å².